The van der Waals surface area contributed by atoms with Crippen LogP contribution < -0.4 is 5.32 Å². The van der Waals surface area contributed by atoms with Crippen molar-refractivity contribution < 1.29 is 0 Å². The van der Waals surface area contributed by atoms with Crippen molar-refractivity contribution >= 4 is 0 Å². The molecule has 0 bridgehead atoms. The number of hydrogen-bond donors (Lipinski definition) is 1. The van der Waals surface area contributed by atoms with E-state index >= 15 is 0 Å². The summed E-state index contributed by atoms with van der Waals surface area (Å²) in [5.74, 6) is 1.94. The molecular weight excluding hydrogens is 196 g/mol. The minimum atomic E-state index is 0.918. The van der Waals surface area contributed by atoms with Gasteiger partial charge in [0.05, 0.1) is 0 Å². The van der Waals surface area contributed by atoms with Crippen molar-refractivity contribution in [3.05, 3.63) is 0 Å². The Bertz CT molecular complexity index is 205. The summed E-state index contributed by atoms with van der Waals surface area (Å²) in [6.07, 6.45) is 6.99. The summed E-state index contributed by atoms with van der Waals surface area (Å²) in [7, 11) is 0. The molecule has 2 heteroatoms. The first-order valence-corrected chi connectivity index (χ1v) is 7.29. The van der Waals surface area contributed by atoms with Crippen LogP contribution in [0.25, 0.3) is 0 Å². The van der Waals surface area contributed by atoms with E-state index in [1.807, 2.05) is 0 Å². The zero-order valence-corrected chi connectivity index (χ0v) is 11.0. The van der Waals surface area contributed by atoms with Crippen LogP contribution in [0.2, 0.25) is 0 Å². The van der Waals surface area contributed by atoms with E-state index in [9.17, 15) is 0 Å². The molecule has 1 heterocycles. The molecule has 0 aromatic rings. The summed E-state index contributed by atoms with van der Waals surface area (Å²) < 4.78 is 0. The lowest BCUT2D eigenvalue weighted by Crippen LogP contribution is -2.49. The zero-order chi connectivity index (χ0) is 11.4. The highest BCUT2D eigenvalue weighted by Crippen LogP contribution is 2.35. The van der Waals surface area contributed by atoms with Gasteiger partial charge in [-0.25, -0.2) is 0 Å². The molecule has 0 radical (unpaired) electrons. The molecule has 2 aliphatic rings. The molecule has 0 spiro atoms. The second kappa shape index (κ2) is 6.02. The van der Waals surface area contributed by atoms with E-state index in [0.29, 0.717) is 0 Å². The van der Waals surface area contributed by atoms with E-state index in [0.717, 1.165) is 17.9 Å². The van der Waals surface area contributed by atoms with Gasteiger partial charge in [0.15, 0.2) is 0 Å². The van der Waals surface area contributed by atoms with Gasteiger partial charge >= 0.3 is 0 Å². The van der Waals surface area contributed by atoms with Gasteiger partial charge < -0.3 is 5.32 Å². The summed E-state index contributed by atoms with van der Waals surface area (Å²) in [6.45, 7) is 9.79. The Balaban J connectivity index is 1.69. The third-order valence-electron chi connectivity index (χ3n) is 4.57. The minimum absolute atomic E-state index is 0.918. The van der Waals surface area contributed by atoms with Crippen LogP contribution in [0.5, 0.6) is 0 Å². The molecule has 2 rings (SSSR count). The van der Waals surface area contributed by atoms with Crippen molar-refractivity contribution in [3.8, 4) is 0 Å². The first-order valence-electron chi connectivity index (χ1n) is 7.29. The average molecular weight is 224 g/mol. The second-order valence-electron chi connectivity index (χ2n) is 5.67. The fourth-order valence-corrected chi connectivity index (χ4v) is 3.23. The molecule has 3 atom stereocenters. The maximum atomic E-state index is 3.59. The Hall–Kier alpha value is -0.0800. The van der Waals surface area contributed by atoms with Crippen LogP contribution >= 0.6 is 0 Å². The Morgan fingerprint density at radius 3 is 2.62 bits per heavy atom. The maximum absolute atomic E-state index is 3.59. The summed E-state index contributed by atoms with van der Waals surface area (Å²) in [6, 6.07) is 0.918. The topological polar surface area (TPSA) is 15.3 Å². The molecule has 0 amide bonds. The van der Waals surface area contributed by atoms with Crippen LogP contribution in [0, 0.1) is 11.8 Å². The Labute approximate surface area is 101 Å². The van der Waals surface area contributed by atoms with Crippen LogP contribution in [-0.4, -0.2) is 37.1 Å². The van der Waals surface area contributed by atoms with E-state index in [1.54, 1.807) is 0 Å². The van der Waals surface area contributed by atoms with Gasteiger partial charge in [-0.2, -0.15) is 0 Å². The zero-order valence-electron chi connectivity index (χ0n) is 11.0. The van der Waals surface area contributed by atoms with E-state index in [-0.39, 0.29) is 0 Å². The van der Waals surface area contributed by atoms with Crippen LogP contribution in [0.15, 0.2) is 0 Å². The van der Waals surface area contributed by atoms with Crippen molar-refractivity contribution in [2.75, 3.05) is 26.2 Å². The third-order valence-corrected chi connectivity index (χ3v) is 4.57. The van der Waals surface area contributed by atoms with Crippen molar-refractivity contribution in [2.45, 2.75) is 52.0 Å². The fraction of sp³-hybridized carbons (Fsp3) is 1.00. The number of likely N-dealkylation sites (tertiary alicyclic amines) is 1. The summed E-state index contributed by atoms with van der Waals surface area (Å²) in [4.78, 5) is 2.77. The van der Waals surface area contributed by atoms with Crippen LogP contribution in [0.3, 0.4) is 0 Å². The molecule has 1 aliphatic carbocycles. The van der Waals surface area contributed by atoms with Gasteiger partial charge in [0.2, 0.25) is 0 Å². The van der Waals surface area contributed by atoms with Gasteiger partial charge in [0.25, 0.3) is 0 Å². The molecule has 2 nitrogen and oxygen atoms in total. The smallest absolute Gasteiger partial charge is 0.0136 e. The molecular formula is C14H28N2. The summed E-state index contributed by atoms with van der Waals surface area (Å²) in [5, 5.41) is 3.59. The predicted molar refractivity (Wildman–Crippen MR) is 69.6 cm³/mol. The van der Waals surface area contributed by atoms with Gasteiger partial charge in [0.1, 0.15) is 0 Å². The minimum Gasteiger partial charge on any atom is -0.316 e. The van der Waals surface area contributed by atoms with Gasteiger partial charge in [-0.15, -0.1) is 0 Å². The first-order chi connectivity index (χ1) is 7.85. The van der Waals surface area contributed by atoms with Crippen molar-refractivity contribution in [1.29, 1.82) is 0 Å². The van der Waals surface area contributed by atoms with Crippen LogP contribution in [0.4, 0.5) is 0 Å². The van der Waals surface area contributed by atoms with E-state index in [1.165, 1.54) is 58.3 Å². The molecule has 1 saturated carbocycles. The molecule has 16 heavy (non-hydrogen) atoms. The first kappa shape index (κ1) is 12.4. The second-order valence-corrected chi connectivity index (χ2v) is 5.67. The molecule has 94 valence electrons. The molecule has 1 saturated heterocycles. The van der Waals surface area contributed by atoms with Crippen LogP contribution in [0.1, 0.15) is 46.0 Å². The predicted octanol–water partition coefficient (Wildman–Crippen LogP) is 2.50. The SMILES string of the molecule is CCCNCC1CCC1N1CCC(CC)C1. The Kier molecular flexibility index (Phi) is 4.66. The van der Waals surface area contributed by atoms with Gasteiger partial charge in [-0.3, -0.25) is 4.90 Å². The van der Waals surface area contributed by atoms with Gasteiger partial charge in [-0.05, 0) is 57.2 Å². The lowest BCUT2D eigenvalue weighted by Gasteiger charge is -2.43. The fourth-order valence-electron chi connectivity index (χ4n) is 3.23. The molecule has 1 N–H and O–H groups in total. The molecule has 1 aliphatic heterocycles. The largest absolute Gasteiger partial charge is 0.316 e. The van der Waals surface area contributed by atoms with E-state index in [4.69, 9.17) is 0 Å². The third kappa shape index (κ3) is 2.78. The van der Waals surface area contributed by atoms with Crippen LogP contribution in [-0.2, 0) is 0 Å². The lowest BCUT2D eigenvalue weighted by molar-refractivity contribution is 0.0790. The quantitative estimate of drug-likeness (QED) is 0.697. The highest BCUT2D eigenvalue weighted by atomic mass is 15.2. The number of rotatable bonds is 6. The van der Waals surface area contributed by atoms with E-state index < -0.39 is 0 Å². The molecule has 2 fully saturated rings. The van der Waals surface area contributed by atoms with Crippen molar-refractivity contribution in [3.63, 3.8) is 0 Å². The Morgan fingerprint density at radius 2 is 2.06 bits per heavy atom. The van der Waals surface area contributed by atoms with Gasteiger partial charge in [0, 0.05) is 12.6 Å². The highest BCUT2D eigenvalue weighted by Gasteiger charge is 2.37. The molecule has 0 aromatic carbocycles. The number of nitrogens with one attached hydrogen (secondary N) is 1. The highest BCUT2D eigenvalue weighted by molar-refractivity contribution is 4.92. The Morgan fingerprint density at radius 1 is 1.19 bits per heavy atom. The normalized spacial score (nSPS) is 35.2. The monoisotopic (exact) mass is 224 g/mol. The lowest BCUT2D eigenvalue weighted by atomic mass is 9.78. The number of nitrogens with zero attached hydrogens (tertiary/aromatic N) is 1. The summed E-state index contributed by atoms with van der Waals surface area (Å²) >= 11 is 0. The maximum Gasteiger partial charge on any atom is 0.0136 e. The van der Waals surface area contributed by atoms with Crippen molar-refractivity contribution in [1.82, 2.24) is 10.2 Å². The number of hydrogen-bond acceptors (Lipinski definition) is 2. The molecule has 0 aromatic heterocycles. The van der Waals surface area contributed by atoms with E-state index in [2.05, 4.69) is 24.1 Å². The summed E-state index contributed by atoms with van der Waals surface area (Å²) in [5.41, 5.74) is 0. The van der Waals surface area contributed by atoms with Crippen molar-refractivity contribution in [2.24, 2.45) is 11.8 Å². The standard InChI is InChI=1S/C14H28N2/c1-3-8-15-10-13-5-6-14(13)16-9-7-12(4-2)11-16/h12-15H,3-11H2,1-2H3. The molecule has 3 unspecified atom stereocenters. The average Bonchev–Trinajstić information content (AvgIpc) is 2.71. The van der Waals surface area contributed by atoms with Gasteiger partial charge in [-0.1, -0.05) is 20.3 Å².